The van der Waals surface area contributed by atoms with Gasteiger partial charge in [-0.3, -0.25) is 4.79 Å². The molecule has 3 N–H and O–H groups in total. The Bertz CT molecular complexity index is 738. The van der Waals surface area contributed by atoms with Gasteiger partial charge in [0.1, 0.15) is 0 Å². The highest BCUT2D eigenvalue weighted by molar-refractivity contribution is 5.94. The second-order valence-electron chi connectivity index (χ2n) is 6.40. The Balaban J connectivity index is 1.62. The number of para-hydroxylation sites is 1. The van der Waals surface area contributed by atoms with Crippen molar-refractivity contribution >= 4 is 17.7 Å². The number of carbonyl (C=O) groups is 2. The number of nitrogens with one attached hydrogen (secondary N) is 2. The molecule has 1 saturated carbocycles. The van der Waals surface area contributed by atoms with Crippen LogP contribution in [0.2, 0.25) is 0 Å². The molecule has 1 fully saturated rings. The van der Waals surface area contributed by atoms with Crippen molar-refractivity contribution in [3.05, 3.63) is 54.6 Å². The number of anilines is 1. The van der Waals surface area contributed by atoms with Crippen LogP contribution in [0.15, 0.2) is 54.6 Å². The van der Waals surface area contributed by atoms with E-state index >= 15 is 0 Å². The van der Waals surface area contributed by atoms with Crippen molar-refractivity contribution < 1.29 is 14.7 Å². The molecule has 0 bridgehead atoms. The lowest BCUT2D eigenvalue weighted by molar-refractivity contribution is -0.142. The van der Waals surface area contributed by atoms with Gasteiger partial charge >= 0.3 is 12.0 Å². The van der Waals surface area contributed by atoms with Gasteiger partial charge in [-0.25, -0.2) is 4.79 Å². The topological polar surface area (TPSA) is 78.4 Å². The van der Waals surface area contributed by atoms with E-state index in [-0.39, 0.29) is 18.0 Å². The standard InChI is InChI=1S/C20H22N2O3/c23-19(24)15-10-12-16(13-11-15)21-20(25)22-18-9-5-4-8-17(18)14-6-2-1-3-7-14/h1-9,15-16H,10-13H2,(H,23,24)(H2,21,22,25). The van der Waals surface area contributed by atoms with E-state index in [1.54, 1.807) is 0 Å². The Hall–Kier alpha value is -2.82. The minimum atomic E-state index is -0.736. The first-order valence-corrected chi connectivity index (χ1v) is 8.58. The van der Waals surface area contributed by atoms with E-state index in [1.165, 1.54) is 0 Å². The fraction of sp³-hybridized carbons (Fsp3) is 0.300. The monoisotopic (exact) mass is 338 g/mol. The van der Waals surface area contributed by atoms with Crippen molar-refractivity contribution in [2.24, 2.45) is 5.92 Å². The molecule has 2 aromatic carbocycles. The summed E-state index contributed by atoms with van der Waals surface area (Å²) < 4.78 is 0. The summed E-state index contributed by atoms with van der Waals surface area (Å²) in [6, 6.07) is 17.4. The summed E-state index contributed by atoms with van der Waals surface area (Å²) >= 11 is 0. The van der Waals surface area contributed by atoms with Crippen LogP contribution in [0.25, 0.3) is 11.1 Å². The second-order valence-corrected chi connectivity index (χ2v) is 6.40. The maximum atomic E-state index is 12.3. The van der Waals surface area contributed by atoms with E-state index in [4.69, 9.17) is 5.11 Å². The van der Waals surface area contributed by atoms with Crippen molar-refractivity contribution in [2.75, 3.05) is 5.32 Å². The molecule has 0 radical (unpaired) electrons. The SMILES string of the molecule is O=C(Nc1ccccc1-c1ccccc1)NC1CCC(C(=O)O)CC1. The number of amides is 2. The molecule has 1 aliphatic rings. The van der Waals surface area contributed by atoms with Crippen LogP contribution in [-0.4, -0.2) is 23.1 Å². The lowest BCUT2D eigenvalue weighted by atomic mass is 9.86. The third kappa shape index (κ3) is 4.38. The number of hydrogen-bond donors (Lipinski definition) is 3. The summed E-state index contributed by atoms with van der Waals surface area (Å²) in [7, 11) is 0. The predicted octanol–water partition coefficient (Wildman–Crippen LogP) is 4.12. The van der Waals surface area contributed by atoms with Crippen LogP contribution in [-0.2, 0) is 4.79 Å². The van der Waals surface area contributed by atoms with Crippen LogP contribution in [0, 0.1) is 5.92 Å². The summed E-state index contributed by atoms with van der Waals surface area (Å²) in [6.07, 6.45) is 2.62. The van der Waals surface area contributed by atoms with Gasteiger partial charge in [0, 0.05) is 11.6 Å². The zero-order valence-corrected chi connectivity index (χ0v) is 13.9. The largest absolute Gasteiger partial charge is 0.481 e. The minimum absolute atomic E-state index is 0.0273. The Morgan fingerprint density at radius 3 is 2.20 bits per heavy atom. The molecule has 0 aliphatic heterocycles. The summed E-state index contributed by atoms with van der Waals surface area (Å²) in [6.45, 7) is 0. The lowest BCUT2D eigenvalue weighted by Crippen LogP contribution is -2.41. The molecule has 5 heteroatoms. The van der Waals surface area contributed by atoms with Gasteiger partial charge in [0.05, 0.1) is 11.6 Å². The van der Waals surface area contributed by atoms with E-state index < -0.39 is 5.97 Å². The maximum Gasteiger partial charge on any atom is 0.319 e. The Morgan fingerprint density at radius 2 is 1.52 bits per heavy atom. The van der Waals surface area contributed by atoms with Crippen LogP contribution >= 0.6 is 0 Å². The van der Waals surface area contributed by atoms with Gasteiger partial charge < -0.3 is 15.7 Å². The number of carbonyl (C=O) groups excluding carboxylic acids is 1. The minimum Gasteiger partial charge on any atom is -0.481 e. The van der Waals surface area contributed by atoms with E-state index in [0.717, 1.165) is 16.8 Å². The fourth-order valence-electron chi connectivity index (χ4n) is 3.29. The maximum absolute atomic E-state index is 12.3. The number of benzene rings is 2. The molecule has 0 heterocycles. The van der Waals surface area contributed by atoms with E-state index in [1.807, 2.05) is 54.6 Å². The number of urea groups is 1. The summed E-state index contributed by atoms with van der Waals surface area (Å²) in [5.74, 6) is -1.01. The molecular formula is C20H22N2O3. The third-order valence-corrected chi connectivity index (χ3v) is 4.67. The van der Waals surface area contributed by atoms with E-state index in [2.05, 4.69) is 10.6 Å². The first kappa shape index (κ1) is 17.0. The highest BCUT2D eigenvalue weighted by atomic mass is 16.4. The number of carboxylic acids is 1. The van der Waals surface area contributed by atoms with Gasteiger partial charge in [0.2, 0.25) is 0 Å². The molecule has 130 valence electrons. The summed E-state index contributed by atoms with van der Waals surface area (Å²) in [4.78, 5) is 23.3. The highest BCUT2D eigenvalue weighted by Gasteiger charge is 2.26. The molecule has 1 aliphatic carbocycles. The van der Waals surface area contributed by atoms with Crippen LogP contribution in [0.3, 0.4) is 0 Å². The molecule has 0 unspecified atom stereocenters. The summed E-state index contributed by atoms with van der Waals surface area (Å²) in [5.41, 5.74) is 2.76. The Labute approximate surface area is 147 Å². The first-order chi connectivity index (χ1) is 12.1. The van der Waals surface area contributed by atoms with Crippen molar-refractivity contribution in [1.82, 2.24) is 5.32 Å². The van der Waals surface area contributed by atoms with Crippen LogP contribution in [0.1, 0.15) is 25.7 Å². The quantitative estimate of drug-likeness (QED) is 0.785. The fourth-order valence-corrected chi connectivity index (χ4v) is 3.29. The van der Waals surface area contributed by atoms with Crippen molar-refractivity contribution in [3.63, 3.8) is 0 Å². The van der Waals surface area contributed by atoms with E-state index in [0.29, 0.717) is 25.7 Å². The molecule has 0 aromatic heterocycles. The van der Waals surface area contributed by atoms with Crippen molar-refractivity contribution in [1.29, 1.82) is 0 Å². The first-order valence-electron chi connectivity index (χ1n) is 8.58. The molecule has 2 aromatic rings. The highest BCUT2D eigenvalue weighted by Crippen LogP contribution is 2.28. The normalized spacial score (nSPS) is 19.8. The van der Waals surface area contributed by atoms with Gasteiger partial charge in [-0.05, 0) is 37.3 Å². The van der Waals surface area contributed by atoms with Crippen molar-refractivity contribution in [3.8, 4) is 11.1 Å². The smallest absolute Gasteiger partial charge is 0.319 e. The molecule has 0 spiro atoms. The molecule has 3 rings (SSSR count). The number of carboxylic acid groups (broad SMARTS) is 1. The summed E-state index contributed by atoms with van der Waals surface area (Å²) in [5, 5.41) is 14.9. The van der Waals surface area contributed by atoms with Crippen LogP contribution < -0.4 is 10.6 Å². The van der Waals surface area contributed by atoms with Gasteiger partial charge in [0.15, 0.2) is 0 Å². The van der Waals surface area contributed by atoms with Crippen LogP contribution in [0.5, 0.6) is 0 Å². The van der Waals surface area contributed by atoms with Gasteiger partial charge in [0.25, 0.3) is 0 Å². The average Bonchev–Trinajstić information content (AvgIpc) is 2.63. The van der Waals surface area contributed by atoms with Gasteiger partial charge in [-0.15, -0.1) is 0 Å². The molecule has 0 saturated heterocycles. The molecular weight excluding hydrogens is 316 g/mol. The lowest BCUT2D eigenvalue weighted by Gasteiger charge is -2.27. The number of hydrogen-bond acceptors (Lipinski definition) is 2. The number of aliphatic carboxylic acids is 1. The number of rotatable bonds is 4. The van der Waals surface area contributed by atoms with Gasteiger partial charge in [-0.1, -0.05) is 48.5 Å². The molecule has 5 nitrogen and oxygen atoms in total. The zero-order chi connectivity index (χ0) is 17.6. The van der Waals surface area contributed by atoms with Crippen LogP contribution in [0.4, 0.5) is 10.5 Å². The average molecular weight is 338 g/mol. The Kier molecular flexibility index (Phi) is 5.33. The molecule has 2 amide bonds. The third-order valence-electron chi connectivity index (χ3n) is 4.67. The van der Waals surface area contributed by atoms with Crippen molar-refractivity contribution in [2.45, 2.75) is 31.7 Å². The molecule has 25 heavy (non-hydrogen) atoms. The predicted molar refractivity (Wildman–Crippen MR) is 97.4 cm³/mol. The zero-order valence-electron chi connectivity index (χ0n) is 13.9. The molecule has 0 atom stereocenters. The Morgan fingerprint density at radius 1 is 0.880 bits per heavy atom. The van der Waals surface area contributed by atoms with E-state index in [9.17, 15) is 9.59 Å². The van der Waals surface area contributed by atoms with Gasteiger partial charge in [-0.2, -0.15) is 0 Å². The second kappa shape index (κ2) is 7.83.